The predicted octanol–water partition coefficient (Wildman–Crippen LogP) is 2.42. The molecule has 0 aromatic heterocycles. The Morgan fingerprint density at radius 2 is 1.71 bits per heavy atom. The summed E-state index contributed by atoms with van der Waals surface area (Å²) in [6.45, 7) is 11.3. The third-order valence-electron chi connectivity index (χ3n) is 2.97. The number of aliphatic hydroxyl groups excluding tert-OH is 1. The SMILES string of the molecule is CCC(C)C(C)NC(CO)CC(C)C. The van der Waals surface area contributed by atoms with Crippen molar-refractivity contribution >= 4 is 0 Å². The van der Waals surface area contributed by atoms with Crippen molar-refractivity contribution in [3.05, 3.63) is 0 Å². The van der Waals surface area contributed by atoms with Crippen molar-refractivity contribution in [2.24, 2.45) is 11.8 Å². The van der Waals surface area contributed by atoms with E-state index in [0.29, 0.717) is 17.9 Å². The van der Waals surface area contributed by atoms with Crippen LogP contribution in [0.3, 0.4) is 0 Å². The van der Waals surface area contributed by atoms with Crippen molar-refractivity contribution in [2.75, 3.05) is 6.61 Å². The van der Waals surface area contributed by atoms with Gasteiger partial charge >= 0.3 is 0 Å². The molecule has 0 bridgehead atoms. The zero-order valence-electron chi connectivity index (χ0n) is 10.4. The maximum atomic E-state index is 9.22. The van der Waals surface area contributed by atoms with Crippen molar-refractivity contribution < 1.29 is 5.11 Å². The first-order valence-corrected chi connectivity index (χ1v) is 5.88. The molecule has 0 saturated carbocycles. The molecule has 0 heterocycles. The van der Waals surface area contributed by atoms with Crippen LogP contribution in [0.25, 0.3) is 0 Å². The molecule has 2 N–H and O–H groups in total. The van der Waals surface area contributed by atoms with Crippen LogP contribution < -0.4 is 5.32 Å². The molecular formula is C12H27NO. The minimum Gasteiger partial charge on any atom is -0.395 e. The molecule has 0 aliphatic heterocycles. The van der Waals surface area contributed by atoms with Crippen molar-refractivity contribution in [1.82, 2.24) is 5.32 Å². The van der Waals surface area contributed by atoms with Gasteiger partial charge in [0.15, 0.2) is 0 Å². The van der Waals surface area contributed by atoms with E-state index in [0.717, 1.165) is 6.42 Å². The lowest BCUT2D eigenvalue weighted by Gasteiger charge is -2.26. The van der Waals surface area contributed by atoms with E-state index < -0.39 is 0 Å². The third kappa shape index (κ3) is 5.61. The molecular weight excluding hydrogens is 174 g/mol. The number of aliphatic hydroxyl groups is 1. The second-order valence-electron chi connectivity index (χ2n) is 4.85. The summed E-state index contributed by atoms with van der Waals surface area (Å²) >= 11 is 0. The van der Waals surface area contributed by atoms with E-state index in [4.69, 9.17) is 0 Å². The van der Waals surface area contributed by atoms with Crippen molar-refractivity contribution in [3.63, 3.8) is 0 Å². The lowest BCUT2D eigenvalue weighted by atomic mass is 9.98. The van der Waals surface area contributed by atoms with Crippen molar-refractivity contribution in [1.29, 1.82) is 0 Å². The highest BCUT2D eigenvalue weighted by Crippen LogP contribution is 2.10. The van der Waals surface area contributed by atoms with Crippen LogP contribution in [0, 0.1) is 11.8 Å². The first-order chi connectivity index (χ1) is 6.51. The molecule has 3 atom stereocenters. The molecule has 0 saturated heterocycles. The van der Waals surface area contributed by atoms with Crippen molar-refractivity contribution in [2.45, 2.75) is 59.5 Å². The summed E-state index contributed by atoms with van der Waals surface area (Å²) < 4.78 is 0. The molecule has 0 spiro atoms. The number of hydrogen-bond donors (Lipinski definition) is 2. The van der Waals surface area contributed by atoms with Crippen molar-refractivity contribution in [3.8, 4) is 0 Å². The van der Waals surface area contributed by atoms with Crippen LogP contribution in [0.4, 0.5) is 0 Å². The monoisotopic (exact) mass is 201 g/mol. The lowest BCUT2D eigenvalue weighted by molar-refractivity contribution is 0.202. The minimum atomic E-state index is 0.249. The van der Waals surface area contributed by atoms with Gasteiger partial charge in [-0.1, -0.05) is 34.1 Å². The number of hydrogen-bond acceptors (Lipinski definition) is 2. The Hall–Kier alpha value is -0.0800. The van der Waals surface area contributed by atoms with Gasteiger partial charge in [-0.2, -0.15) is 0 Å². The summed E-state index contributed by atoms with van der Waals surface area (Å²) in [5, 5.41) is 12.7. The van der Waals surface area contributed by atoms with Gasteiger partial charge < -0.3 is 10.4 Å². The summed E-state index contributed by atoms with van der Waals surface area (Å²) in [7, 11) is 0. The molecule has 0 fully saturated rings. The summed E-state index contributed by atoms with van der Waals surface area (Å²) in [6.07, 6.45) is 2.24. The molecule has 0 radical (unpaired) electrons. The maximum Gasteiger partial charge on any atom is 0.0584 e. The van der Waals surface area contributed by atoms with E-state index in [1.807, 2.05) is 0 Å². The second-order valence-corrected chi connectivity index (χ2v) is 4.85. The van der Waals surface area contributed by atoms with Gasteiger partial charge in [0.25, 0.3) is 0 Å². The van der Waals surface area contributed by atoms with Gasteiger partial charge in [0.05, 0.1) is 6.61 Å². The minimum absolute atomic E-state index is 0.249. The molecule has 2 nitrogen and oxygen atoms in total. The highest BCUT2D eigenvalue weighted by atomic mass is 16.3. The largest absolute Gasteiger partial charge is 0.395 e. The predicted molar refractivity (Wildman–Crippen MR) is 62.4 cm³/mol. The summed E-state index contributed by atoms with van der Waals surface area (Å²) in [5.74, 6) is 1.32. The van der Waals surface area contributed by atoms with Gasteiger partial charge in [-0.25, -0.2) is 0 Å². The Labute approximate surface area is 89.1 Å². The van der Waals surface area contributed by atoms with Crippen LogP contribution >= 0.6 is 0 Å². The Morgan fingerprint density at radius 3 is 2.07 bits per heavy atom. The Kier molecular flexibility index (Phi) is 7.20. The van der Waals surface area contributed by atoms with E-state index in [2.05, 4.69) is 39.9 Å². The normalized spacial score (nSPS) is 18.2. The molecule has 14 heavy (non-hydrogen) atoms. The fourth-order valence-corrected chi connectivity index (χ4v) is 1.65. The zero-order valence-corrected chi connectivity index (χ0v) is 10.4. The summed E-state index contributed by atoms with van der Waals surface area (Å²) in [4.78, 5) is 0. The van der Waals surface area contributed by atoms with Gasteiger partial charge in [-0.3, -0.25) is 0 Å². The molecule has 2 heteroatoms. The van der Waals surface area contributed by atoms with Gasteiger partial charge in [0, 0.05) is 12.1 Å². The van der Waals surface area contributed by atoms with Gasteiger partial charge in [-0.05, 0) is 25.2 Å². The van der Waals surface area contributed by atoms with Gasteiger partial charge in [0.2, 0.25) is 0 Å². The first-order valence-electron chi connectivity index (χ1n) is 5.88. The smallest absolute Gasteiger partial charge is 0.0584 e. The molecule has 86 valence electrons. The van der Waals surface area contributed by atoms with E-state index in [9.17, 15) is 5.11 Å². The van der Waals surface area contributed by atoms with Crippen LogP contribution in [0.1, 0.15) is 47.5 Å². The molecule has 0 aliphatic carbocycles. The van der Waals surface area contributed by atoms with Crippen LogP contribution in [0.15, 0.2) is 0 Å². The Balaban J connectivity index is 3.91. The molecule has 0 rings (SSSR count). The highest BCUT2D eigenvalue weighted by Gasteiger charge is 2.15. The first kappa shape index (κ1) is 13.9. The maximum absolute atomic E-state index is 9.22. The molecule has 0 aromatic rings. The van der Waals surface area contributed by atoms with E-state index in [-0.39, 0.29) is 12.6 Å². The van der Waals surface area contributed by atoms with Crippen LogP contribution in [0.2, 0.25) is 0 Å². The molecule has 0 aromatic carbocycles. The number of rotatable bonds is 7. The Bertz CT molecular complexity index is 136. The van der Waals surface area contributed by atoms with Crippen LogP contribution in [0.5, 0.6) is 0 Å². The van der Waals surface area contributed by atoms with E-state index in [1.165, 1.54) is 6.42 Å². The fourth-order valence-electron chi connectivity index (χ4n) is 1.65. The van der Waals surface area contributed by atoms with Crippen LogP contribution in [-0.4, -0.2) is 23.8 Å². The zero-order chi connectivity index (χ0) is 11.1. The summed E-state index contributed by atoms with van der Waals surface area (Å²) in [6, 6.07) is 0.759. The fraction of sp³-hybridized carbons (Fsp3) is 1.00. The highest BCUT2D eigenvalue weighted by molar-refractivity contribution is 4.75. The van der Waals surface area contributed by atoms with Gasteiger partial charge in [0.1, 0.15) is 0 Å². The standard InChI is InChI=1S/C12H27NO/c1-6-10(4)11(5)13-12(8-14)7-9(2)3/h9-14H,6-8H2,1-5H3. The number of nitrogens with one attached hydrogen (secondary N) is 1. The molecule has 0 amide bonds. The van der Waals surface area contributed by atoms with E-state index >= 15 is 0 Å². The lowest BCUT2D eigenvalue weighted by Crippen LogP contribution is -2.42. The third-order valence-corrected chi connectivity index (χ3v) is 2.97. The Morgan fingerprint density at radius 1 is 1.14 bits per heavy atom. The average Bonchev–Trinajstić information content (AvgIpc) is 2.14. The van der Waals surface area contributed by atoms with Gasteiger partial charge in [-0.15, -0.1) is 0 Å². The topological polar surface area (TPSA) is 32.3 Å². The molecule has 0 aliphatic rings. The second kappa shape index (κ2) is 7.24. The quantitative estimate of drug-likeness (QED) is 0.663. The van der Waals surface area contributed by atoms with Crippen LogP contribution in [-0.2, 0) is 0 Å². The average molecular weight is 201 g/mol. The van der Waals surface area contributed by atoms with E-state index in [1.54, 1.807) is 0 Å². The molecule has 3 unspecified atom stereocenters. The summed E-state index contributed by atoms with van der Waals surface area (Å²) in [5.41, 5.74) is 0.